The molecule has 0 bridgehead atoms. The molecule has 1 aromatic carbocycles. The monoisotopic (exact) mass is 213 g/mol. The van der Waals surface area contributed by atoms with E-state index in [1.807, 2.05) is 6.92 Å². The van der Waals surface area contributed by atoms with Gasteiger partial charge in [0.1, 0.15) is 11.9 Å². The third kappa shape index (κ3) is 1.95. The largest absolute Gasteiger partial charge is 0.485 e. The van der Waals surface area contributed by atoms with E-state index in [4.69, 9.17) is 10.5 Å². The predicted octanol–water partition coefficient (Wildman–Crippen LogP) is 2.01. The number of rotatable bonds is 1. The van der Waals surface area contributed by atoms with Gasteiger partial charge in [0.05, 0.1) is 0 Å². The van der Waals surface area contributed by atoms with E-state index in [0.29, 0.717) is 18.4 Å². The summed E-state index contributed by atoms with van der Waals surface area (Å²) >= 11 is 0. The second-order valence-corrected chi connectivity index (χ2v) is 3.93. The smallest absolute Gasteiger partial charge is 0.168 e. The molecule has 0 saturated heterocycles. The molecule has 0 aliphatic carbocycles. The average molecular weight is 213 g/mol. The maximum absolute atomic E-state index is 13.4. The Balaban J connectivity index is 2.33. The molecule has 0 radical (unpaired) electrons. The van der Waals surface area contributed by atoms with Crippen LogP contribution in [0, 0.1) is 11.6 Å². The molecule has 1 aromatic rings. The molecule has 1 aliphatic rings. The van der Waals surface area contributed by atoms with Gasteiger partial charge < -0.3 is 10.5 Å². The topological polar surface area (TPSA) is 35.2 Å². The lowest BCUT2D eigenvalue weighted by Crippen LogP contribution is -2.39. The van der Waals surface area contributed by atoms with Crippen LogP contribution in [0.1, 0.15) is 18.9 Å². The van der Waals surface area contributed by atoms with Gasteiger partial charge in [0.25, 0.3) is 0 Å². The highest BCUT2D eigenvalue weighted by atomic mass is 19.1. The summed E-state index contributed by atoms with van der Waals surface area (Å²) < 4.78 is 31.7. The number of hydrogen-bond donors (Lipinski definition) is 1. The Bertz CT molecular complexity index is 379. The number of halogens is 2. The molecular formula is C11H13F2NO. The summed E-state index contributed by atoms with van der Waals surface area (Å²) in [5, 5.41) is 0. The molecule has 0 spiro atoms. The number of benzene rings is 1. The van der Waals surface area contributed by atoms with Crippen LogP contribution in [0.4, 0.5) is 8.78 Å². The van der Waals surface area contributed by atoms with Crippen LogP contribution in [0.15, 0.2) is 12.1 Å². The molecule has 0 aromatic heterocycles. The molecule has 1 aliphatic heterocycles. The molecule has 2 rings (SSSR count). The van der Waals surface area contributed by atoms with E-state index < -0.39 is 11.6 Å². The standard InChI is InChI=1S/C11H13F2NO/c1-6(14)10-3-2-7-4-8(12)5-9(13)11(7)15-10/h4-6,10H,2-3,14H2,1H3. The second-order valence-electron chi connectivity index (χ2n) is 3.93. The lowest BCUT2D eigenvalue weighted by atomic mass is 9.98. The van der Waals surface area contributed by atoms with E-state index in [0.717, 1.165) is 6.07 Å². The van der Waals surface area contributed by atoms with Gasteiger partial charge in [-0.25, -0.2) is 8.78 Å². The van der Waals surface area contributed by atoms with Crippen molar-refractivity contribution < 1.29 is 13.5 Å². The minimum Gasteiger partial charge on any atom is -0.485 e. The van der Waals surface area contributed by atoms with Crippen LogP contribution in [0.2, 0.25) is 0 Å². The fourth-order valence-electron chi connectivity index (χ4n) is 1.81. The number of hydrogen-bond acceptors (Lipinski definition) is 2. The van der Waals surface area contributed by atoms with Gasteiger partial charge in [0, 0.05) is 17.7 Å². The second kappa shape index (κ2) is 3.77. The Hall–Kier alpha value is -1.16. The molecule has 0 amide bonds. The molecule has 0 saturated carbocycles. The zero-order valence-corrected chi connectivity index (χ0v) is 8.47. The minimum atomic E-state index is -0.643. The van der Waals surface area contributed by atoms with Gasteiger partial charge in [-0.3, -0.25) is 0 Å². The van der Waals surface area contributed by atoms with Gasteiger partial charge in [-0.05, 0) is 25.8 Å². The van der Waals surface area contributed by atoms with E-state index >= 15 is 0 Å². The van der Waals surface area contributed by atoms with Gasteiger partial charge in [0.15, 0.2) is 11.6 Å². The zero-order chi connectivity index (χ0) is 11.0. The lowest BCUT2D eigenvalue weighted by molar-refractivity contribution is 0.143. The van der Waals surface area contributed by atoms with Crippen LogP contribution in [0.5, 0.6) is 5.75 Å². The minimum absolute atomic E-state index is 0.150. The number of nitrogens with two attached hydrogens (primary N) is 1. The highest BCUT2D eigenvalue weighted by Gasteiger charge is 2.25. The fourth-order valence-corrected chi connectivity index (χ4v) is 1.81. The molecule has 2 unspecified atom stereocenters. The molecule has 0 fully saturated rings. The van der Waals surface area contributed by atoms with Gasteiger partial charge in [0.2, 0.25) is 0 Å². The Morgan fingerprint density at radius 3 is 2.87 bits per heavy atom. The van der Waals surface area contributed by atoms with Crippen molar-refractivity contribution in [1.82, 2.24) is 0 Å². The molecule has 82 valence electrons. The van der Waals surface area contributed by atoms with E-state index in [9.17, 15) is 8.78 Å². The van der Waals surface area contributed by atoms with Crippen LogP contribution in [0.25, 0.3) is 0 Å². The number of aryl methyl sites for hydroxylation is 1. The molecule has 2 atom stereocenters. The summed E-state index contributed by atoms with van der Waals surface area (Å²) in [6.07, 6.45) is 1.13. The van der Waals surface area contributed by atoms with Crippen molar-refractivity contribution in [2.45, 2.75) is 31.9 Å². The SMILES string of the molecule is CC(N)C1CCc2cc(F)cc(F)c2O1. The summed E-state index contributed by atoms with van der Waals surface area (Å²) in [7, 11) is 0. The third-order valence-electron chi connectivity index (χ3n) is 2.64. The quantitative estimate of drug-likeness (QED) is 0.774. The van der Waals surface area contributed by atoms with Gasteiger partial charge in [-0.1, -0.05) is 0 Å². The summed E-state index contributed by atoms with van der Waals surface area (Å²) in [4.78, 5) is 0. The van der Waals surface area contributed by atoms with Gasteiger partial charge >= 0.3 is 0 Å². The van der Waals surface area contributed by atoms with Crippen LogP contribution in [0.3, 0.4) is 0 Å². The van der Waals surface area contributed by atoms with Gasteiger partial charge in [-0.2, -0.15) is 0 Å². The molecule has 2 N–H and O–H groups in total. The Morgan fingerprint density at radius 1 is 1.47 bits per heavy atom. The van der Waals surface area contributed by atoms with Crippen molar-refractivity contribution in [3.8, 4) is 5.75 Å². The van der Waals surface area contributed by atoms with E-state index in [1.165, 1.54) is 6.07 Å². The van der Waals surface area contributed by atoms with Crippen LogP contribution < -0.4 is 10.5 Å². The Kier molecular flexibility index (Phi) is 2.61. The first-order valence-electron chi connectivity index (χ1n) is 4.98. The summed E-state index contributed by atoms with van der Waals surface area (Å²) in [5.41, 5.74) is 6.27. The van der Waals surface area contributed by atoms with E-state index in [-0.39, 0.29) is 17.9 Å². The zero-order valence-electron chi connectivity index (χ0n) is 8.47. The first-order chi connectivity index (χ1) is 7.08. The van der Waals surface area contributed by atoms with Crippen molar-refractivity contribution >= 4 is 0 Å². The van der Waals surface area contributed by atoms with E-state index in [1.54, 1.807) is 0 Å². The highest BCUT2D eigenvalue weighted by molar-refractivity contribution is 5.37. The summed E-state index contributed by atoms with van der Waals surface area (Å²) in [6, 6.07) is 2.00. The molecule has 4 heteroatoms. The van der Waals surface area contributed by atoms with E-state index in [2.05, 4.69) is 0 Å². The highest BCUT2D eigenvalue weighted by Crippen LogP contribution is 2.31. The van der Waals surface area contributed by atoms with Crippen LogP contribution in [-0.2, 0) is 6.42 Å². The maximum Gasteiger partial charge on any atom is 0.168 e. The normalized spacial score (nSPS) is 21.7. The summed E-state index contributed by atoms with van der Waals surface area (Å²) in [5.74, 6) is -1.05. The van der Waals surface area contributed by atoms with Gasteiger partial charge in [-0.15, -0.1) is 0 Å². The van der Waals surface area contributed by atoms with Crippen molar-refractivity contribution in [3.05, 3.63) is 29.3 Å². The first-order valence-corrected chi connectivity index (χ1v) is 4.98. The first kappa shape index (κ1) is 10.4. The third-order valence-corrected chi connectivity index (χ3v) is 2.64. The van der Waals surface area contributed by atoms with Crippen LogP contribution in [-0.4, -0.2) is 12.1 Å². The average Bonchev–Trinajstić information content (AvgIpc) is 2.16. The van der Waals surface area contributed by atoms with Crippen LogP contribution >= 0.6 is 0 Å². The number of fused-ring (bicyclic) bond motifs is 1. The summed E-state index contributed by atoms with van der Waals surface area (Å²) in [6.45, 7) is 1.82. The van der Waals surface area contributed by atoms with Crippen molar-refractivity contribution in [3.63, 3.8) is 0 Å². The lowest BCUT2D eigenvalue weighted by Gasteiger charge is -2.28. The Morgan fingerprint density at radius 2 is 2.20 bits per heavy atom. The molecule has 15 heavy (non-hydrogen) atoms. The maximum atomic E-state index is 13.4. The molecular weight excluding hydrogens is 200 g/mol. The van der Waals surface area contributed by atoms with Crippen molar-refractivity contribution in [1.29, 1.82) is 0 Å². The Labute approximate surface area is 87.0 Å². The van der Waals surface area contributed by atoms with Crippen molar-refractivity contribution in [2.75, 3.05) is 0 Å². The molecule has 1 heterocycles. The predicted molar refractivity (Wildman–Crippen MR) is 52.7 cm³/mol. The van der Waals surface area contributed by atoms with Crippen molar-refractivity contribution in [2.24, 2.45) is 5.73 Å². The fraction of sp³-hybridized carbons (Fsp3) is 0.455. The number of ether oxygens (including phenoxy) is 1. The molecule has 2 nitrogen and oxygen atoms in total.